The molecule has 1 aliphatic heterocycles. The van der Waals surface area contributed by atoms with Crippen LogP contribution in [-0.2, 0) is 30.1 Å². The van der Waals surface area contributed by atoms with Crippen molar-refractivity contribution in [3.05, 3.63) is 113 Å². The highest BCUT2D eigenvalue weighted by molar-refractivity contribution is 8.00. The molecule has 0 amide bonds. The summed E-state index contributed by atoms with van der Waals surface area (Å²) in [7, 11) is 0. The van der Waals surface area contributed by atoms with Crippen molar-refractivity contribution in [2.24, 2.45) is 5.41 Å². The molecule has 0 fully saturated rings. The van der Waals surface area contributed by atoms with Gasteiger partial charge in [-0.1, -0.05) is 67.1 Å². The number of aromatic nitrogens is 2. The first-order valence-electron chi connectivity index (χ1n) is 14.7. The highest BCUT2D eigenvalue weighted by atomic mass is 35.5. The van der Waals surface area contributed by atoms with Crippen molar-refractivity contribution in [2.45, 2.75) is 56.2 Å². The Morgan fingerprint density at radius 3 is 2.55 bits per heavy atom. The molecule has 0 spiro atoms. The minimum absolute atomic E-state index is 0.379. The number of hydrogen-bond acceptors (Lipinski definition) is 5. The van der Waals surface area contributed by atoms with Gasteiger partial charge in [-0.2, -0.15) is 11.8 Å². The van der Waals surface area contributed by atoms with Gasteiger partial charge < -0.3 is 14.4 Å². The molecule has 6 rings (SSSR count). The first kappa shape index (κ1) is 30.6. The Labute approximate surface area is 272 Å². The number of carboxylic acids is 1. The van der Waals surface area contributed by atoms with E-state index in [0.717, 1.165) is 34.7 Å². The predicted molar refractivity (Wildman–Crippen MR) is 183 cm³/mol. The van der Waals surface area contributed by atoms with Crippen molar-refractivity contribution in [1.82, 2.24) is 9.55 Å². The van der Waals surface area contributed by atoms with Crippen LogP contribution in [0.2, 0.25) is 5.02 Å². The molecule has 3 aromatic carbocycles. The van der Waals surface area contributed by atoms with E-state index >= 15 is 0 Å². The fourth-order valence-electron chi connectivity index (χ4n) is 5.53. The van der Waals surface area contributed by atoms with Crippen LogP contribution in [0.5, 0.6) is 5.75 Å². The molecule has 0 saturated carbocycles. The Morgan fingerprint density at radius 1 is 1.07 bits per heavy atom. The summed E-state index contributed by atoms with van der Waals surface area (Å²) in [6.45, 7) is 6.94. The van der Waals surface area contributed by atoms with Crippen LogP contribution >= 0.6 is 35.1 Å². The smallest absolute Gasteiger partial charge is 0.309 e. The molecule has 0 saturated heterocycles. The van der Waals surface area contributed by atoms with Crippen molar-refractivity contribution in [3.63, 3.8) is 0 Å². The van der Waals surface area contributed by atoms with Gasteiger partial charge in [0.1, 0.15) is 12.4 Å². The summed E-state index contributed by atoms with van der Waals surface area (Å²) in [5, 5.41) is 12.0. The lowest BCUT2D eigenvalue weighted by molar-refractivity contribution is -0.145. The molecule has 226 valence electrons. The lowest BCUT2D eigenvalue weighted by Gasteiger charge is -2.22. The molecular formula is C36H35ClN2O3S2. The van der Waals surface area contributed by atoms with E-state index in [0.29, 0.717) is 29.2 Å². The van der Waals surface area contributed by atoms with Gasteiger partial charge in [0.2, 0.25) is 0 Å². The first-order chi connectivity index (χ1) is 21.2. The average Bonchev–Trinajstić information content (AvgIpc) is 3.30. The molecular weight excluding hydrogens is 608 g/mol. The third kappa shape index (κ3) is 6.51. The molecule has 1 aliphatic rings. The van der Waals surface area contributed by atoms with E-state index in [9.17, 15) is 9.90 Å². The molecule has 0 radical (unpaired) electrons. The molecule has 5 aromatic rings. The number of carboxylic acid groups (broad SMARTS) is 1. The summed E-state index contributed by atoms with van der Waals surface area (Å²) >= 11 is 9.79. The first-order valence-corrected chi connectivity index (χ1v) is 17.1. The lowest BCUT2D eigenvalue weighted by atomic mass is 9.97. The molecule has 3 heterocycles. The number of thioether (sulfide) groups is 2. The van der Waals surface area contributed by atoms with Crippen LogP contribution in [0.3, 0.4) is 0 Å². The fraction of sp³-hybridized carbons (Fsp3) is 0.278. The molecule has 5 nitrogen and oxygen atoms in total. The zero-order chi connectivity index (χ0) is 30.8. The van der Waals surface area contributed by atoms with Gasteiger partial charge in [0.05, 0.1) is 16.6 Å². The normalized spacial score (nSPS) is 14.6. The van der Waals surface area contributed by atoms with Crippen molar-refractivity contribution in [1.29, 1.82) is 0 Å². The van der Waals surface area contributed by atoms with E-state index in [2.05, 4.69) is 58.9 Å². The van der Waals surface area contributed by atoms with Crippen molar-refractivity contribution >= 4 is 52.0 Å². The molecule has 1 N–H and O–H groups in total. The average molecular weight is 643 g/mol. The standard InChI is InChI=1S/C36H35ClN2O3S2/c1-23-17-29-32(42-20-28-14-11-26(18-38-28)25-7-5-4-6-8-25)16-15-30-33(29)34(44-23)31(21-43-22-36(2,3)35(40)41)39(30)19-24-9-12-27(37)13-10-24/h4-16,18,23H,17,19-22H2,1-3H3,(H,40,41). The number of nitrogens with zero attached hydrogens (tertiary/aromatic N) is 2. The van der Waals surface area contributed by atoms with Crippen molar-refractivity contribution < 1.29 is 14.6 Å². The van der Waals surface area contributed by atoms with E-state index in [-0.39, 0.29) is 0 Å². The number of benzene rings is 3. The summed E-state index contributed by atoms with van der Waals surface area (Å²) in [6, 6.07) is 26.7. The monoisotopic (exact) mass is 642 g/mol. The van der Waals surface area contributed by atoms with E-state index in [1.54, 1.807) is 25.6 Å². The minimum atomic E-state index is -0.797. The molecule has 0 aliphatic carbocycles. The lowest BCUT2D eigenvalue weighted by Crippen LogP contribution is -2.26. The summed E-state index contributed by atoms with van der Waals surface area (Å²) in [5.41, 5.74) is 7.12. The van der Waals surface area contributed by atoms with Gasteiger partial charge in [-0.3, -0.25) is 9.78 Å². The highest BCUT2D eigenvalue weighted by Gasteiger charge is 2.31. The van der Waals surface area contributed by atoms with Crippen LogP contribution in [0.25, 0.3) is 22.0 Å². The Hall–Kier alpha value is -3.39. The number of ether oxygens (including phenoxy) is 1. The van der Waals surface area contributed by atoms with E-state index < -0.39 is 11.4 Å². The zero-order valence-corrected chi connectivity index (χ0v) is 27.4. The van der Waals surface area contributed by atoms with E-state index in [1.807, 2.05) is 54.4 Å². The van der Waals surface area contributed by atoms with Gasteiger partial charge in [0.15, 0.2) is 0 Å². The van der Waals surface area contributed by atoms with Crippen molar-refractivity contribution in [2.75, 3.05) is 5.75 Å². The molecule has 44 heavy (non-hydrogen) atoms. The zero-order valence-electron chi connectivity index (χ0n) is 25.0. The van der Waals surface area contributed by atoms with Gasteiger partial charge in [-0.05, 0) is 61.7 Å². The van der Waals surface area contributed by atoms with Crippen LogP contribution in [0.15, 0.2) is 90.0 Å². The van der Waals surface area contributed by atoms with Crippen LogP contribution in [0.1, 0.15) is 43.3 Å². The number of pyridine rings is 1. The van der Waals surface area contributed by atoms with Crippen LogP contribution in [0.4, 0.5) is 0 Å². The second-order valence-corrected chi connectivity index (χ2v) is 14.8. The van der Waals surface area contributed by atoms with Crippen LogP contribution < -0.4 is 4.74 Å². The summed E-state index contributed by atoms with van der Waals surface area (Å²) in [4.78, 5) is 17.8. The van der Waals surface area contributed by atoms with Gasteiger partial charge >= 0.3 is 5.97 Å². The number of rotatable bonds is 11. The van der Waals surface area contributed by atoms with Crippen LogP contribution in [-0.4, -0.2) is 31.6 Å². The third-order valence-corrected chi connectivity index (χ3v) is 10.9. The minimum Gasteiger partial charge on any atom is -0.487 e. The van der Waals surface area contributed by atoms with Gasteiger partial charge in [0.25, 0.3) is 0 Å². The van der Waals surface area contributed by atoms with Gasteiger partial charge in [0, 0.05) is 61.6 Å². The summed E-state index contributed by atoms with van der Waals surface area (Å²) in [5.74, 6) is 1.38. The maximum Gasteiger partial charge on any atom is 0.309 e. The maximum atomic E-state index is 11.8. The fourth-order valence-corrected chi connectivity index (χ4v) is 8.29. The van der Waals surface area contributed by atoms with E-state index in [1.165, 1.54) is 32.6 Å². The summed E-state index contributed by atoms with van der Waals surface area (Å²) < 4.78 is 8.87. The van der Waals surface area contributed by atoms with Gasteiger partial charge in [-0.15, -0.1) is 11.8 Å². The Balaban J connectivity index is 1.33. The van der Waals surface area contributed by atoms with E-state index in [4.69, 9.17) is 16.3 Å². The third-order valence-electron chi connectivity index (χ3n) is 8.01. The highest BCUT2D eigenvalue weighted by Crippen LogP contribution is 2.48. The molecule has 0 bridgehead atoms. The van der Waals surface area contributed by atoms with Gasteiger partial charge in [-0.25, -0.2) is 0 Å². The summed E-state index contributed by atoms with van der Waals surface area (Å²) in [6.07, 6.45) is 2.82. The number of hydrogen-bond donors (Lipinski definition) is 1. The largest absolute Gasteiger partial charge is 0.487 e. The molecule has 1 atom stereocenters. The Bertz CT molecular complexity index is 1790. The second-order valence-electron chi connectivity index (χ2n) is 11.9. The second kappa shape index (κ2) is 12.9. The Morgan fingerprint density at radius 2 is 1.84 bits per heavy atom. The maximum absolute atomic E-state index is 11.8. The quantitative estimate of drug-likeness (QED) is 0.155. The molecule has 1 unspecified atom stereocenters. The van der Waals surface area contributed by atoms with Crippen molar-refractivity contribution in [3.8, 4) is 16.9 Å². The SMILES string of the molecule is CC1Cc2c(OCc3ccc(-c4ccccc4)cn3)ccc3c2c(c(CSCC(C)(C)C(=O)O)n3Cc2ccc(Cl)cc2)S1. The van der Waals surface area contributed by atoms with Crippen LogP contribution in [0, 0.1) is 5.41 Å². The number of aliphatic carboxylic acids is 1. The molecule has 2 aromatic heterocycles. The molecule has 8 heteroatoms. The topological polar surface area (TPSA) is 64.3 Å². The predicted octanol–water partition coefficient (Wildman–Crippen LogP) is 9.36. The Kier molecular flexibility index (Phi) is 8.99. The number of halogens is 1. The number of carbonyl (C=O) groups is 1.